The lowest BCUT2D eigenvalue weighted by molar-refractivity contribution is -0.135. The van der Waals surface area contributed by atoms with Crippen LogP contribution in [-0.2, 0) is 10.0 Å². The molecule has 27 heavy (non-hydrogen) atoms. The molecule has 0 aromatic heterocycles. The zero-order chi connectivity index (χ0) is 20.7. The van der Waals surface area contributed by atoms with E-state index in [1.165, 1.54) is 26.2 Å². The minimum absolute atomic E-state index is 0.110. The summed E-state index contributed by atoms with van der Waals surface area (Å²) in [6.45, 7) is 0.432. The van der Waals surface area contributed by atoms with Crippen molar-refractivity contribution in [3.63, 3.8) is 0 Å². The van der Waals surface area contributed by atoms with Gasteiger partial charge in [0.05, 0.1) is 11.3 Å². The molecule has 1 aromatic carbocycles. The average Bonchev–Trinajstić information content (AvgIpc) is 2.55. The number of carboxylic acids is 1. The lowest BCUT2D eigenvalue weighted by Gasteiger charge is -2.17. The molecule has 0 spiro atoms. The van der Waals surface area contributed by atoms with Gasteiger partial charge >= 0.3 is 12.1 Å². The first-order chi connectivity index (χ1) is 12.4. The number of hydrogen-bond donors (Lipinski definition) is 2. The normalized spacial score (nSPS) is 12.4. The van der Waals surface area contributed by atoms with Crippen LogP contribution in [0.25, 0.3) is 0 Å². The molecule has 0 aliphatic carbocycles. The molecule has 0 fully saturated rings. The first-order valence-electron chi connectivity index (χ1n) is 8.55. The SMILES string of the molecule is CN(C)S(=O)(=O)c1cc(C(=O)O)ccc1NCCCCCCCC(F)(F)F. The monoisotopic (exact) mass is 410 g/mol. The van der Waals surface area contributed by atoms with E-state index in [-0.39, 0.29) is 16.9 Å². The van der Waals surface area contributed by atoms with Crippen molar-refractivity contribution in [3.8, 4) is 0 Å². The van der Waals surface area contributed by atoms with Gasteiger partial charge in [-0.3, -0.25) is 0 Å². The molecule has 0 amide bonds. The second kappa shape index (κ2) is 9.93. The summed E-state index contributed by atoms with van der Waals surface area (Å²) >= 11 is 0. The maximum absolute atomic E-state index is 12.4. The van der Waals surface area contributed by atoms with E-state index in [2.05, 4.69) is 5.32 Å². The van der Waals surface area contributed by atoms with Crippen molar-refractivity contribution in [2.75, 3.05) is 26.0 Å². The van der Waals surface area contributed by atoms with Crippen LogP contribution < -0.4 is 5.32 Å². The molecule has 0 radical (unpaired) electrons. The van der Waals surface area contributed by atoms with Gasteiger partial charge in [0.25, 0.3) is 0 Å². The zero-order valence-electron chi connectivity index (χ0n) is 15.3. The number of benzene rings is 1. The largest absolute Gasteiger partial charge is 0.478 e. The predicted octanol–water partition coefficient (Wildman–Crippen LogP) is 3.95. The maximum Gasteiger partial charge on any atom is 0.389 e. The molecular formula is C17H25F3N2O4S. The molecule has 1 rings (SSSR count). The van der Waals surface area contributed by atoms with Gasteiger partial charge in [0.2, 0.25) is 10.0 Å². The first kappa shape index (κ1) is 23.2. The van der Waals surface area contributed by atoms with Crippen LogP contribution in [-0.4, -0.2) is 50.6 Å². The van der Waals surface area contributed by atoms with Crippen LogP contribution in [0.5, 0.6) is 0 Å². The van der Waals surface area contributed by atoms with Gasteiger partial charge < -0.3 is 10.4 Å². The summed E-state index contributed by atoms with van der Waals surface area (Å²) in [5, 5.41) is 12.0. The van der Waals surface area contributed by atoms with E-state index in [9.17, 15) is 26.4 Å². The van der Waals surface area contributed by atoms with E-state index < -0.39 is 28.6 Å². The number of sulfonamides is 1. The Labute approximate surface area is 157 Å². The summed E-state index contributed by atoms with van der Waals surface area (Å²) in [6.07, 6.45) is -2.24. The lowest BCUT2D eigenvalue weighted by atomic mass is 10.1. The molecule has 154 valence electrons. The van der Waals surface area contributed by atoms with Crippen molar-refractivity contribution < 1.29 is 31.5 Å². The van der Waals surface area contributed by atoms with E-state index >= 15 is 0 Å². The third-order valence-corrected chi connectivity index (χ3v) is 5.79. The van der Waals surface area contributed by atoms with E-state index in [0.29, 0.717) is 37.9 Å². The minimum atomic E-state index is -4.11. The molecule has 10 heteroatoms. The average molecular weight is 410 g/mol. The van der Waals surface area contributed by atoms with Crippen LogP contribution in [0.4, 0.5) is 18.9 Å². The molecule has 0 unspecified atom stereocenters. The first-order valence-corrected chi connectivity index (χ1v) is 9.99. The Morgan fingerprint density at radius 3 is 2.26 bits per heavy atom. The van der Waals surface area contributed by atoms with Gasteiger partial charge in [0.1, 0.15) is 4.90 Å². The zero-order valence-corrected chi connectivity index (χ0v) is 16.2. The van der Waals surface area contributed by atoms with Gasteiger partial charge in [-0.25, -0.2) is 17.5 Å². The van der Waals surface area contributed by atoms with Crippen LogP contribution >= 0.6 is 0 Å². The van der Waals surface area contributed by atoms with Crippen molar-refractivity contribution in [1.82, 2.24) is 4.31 Å². The van der Waals surface area contributed by atoms with Crippen LogP contribution in [0.15, 0.2) is 23.1 Å². The Bertz CT molecular complexity index is 734. The Hall–Kier alpha value is -1.81. The fourth-order valence-electron chi connectivity index (χ4n) is 2.42. The summed E-state index contributed by atoms with van der Waals surface area (Å²) in [7, 11) is -1.12. The van der Waals surface area contributed by atoms with Crippen molar-refractivity contribution in [2.24, 2.45) is 0 Å². The third kappa shape index (κ3) is 7.76. The highest BCUT2D eigenvalue weighted by atomic mass is 32.2. The topological polar surface area (TPSA) is 86.7 Å². The second-order valence-electron chi connectivity index (χ2n) is 6.36. The molecule has 0 atom stereocenters. The predicted molar refractivity (Wildman–Crippen MR) is 96.5 cm³/mol. The molecule has 2 N–H and O–H groups in total. The summed E-state index contributed by atoms with van der Waals surface area (Å²) in [5.74, 6) is -1.23. The van der Waals surface area contributed by atoms with Crippen molar-refractivity contribution in [2.45, 2.75) is 49.6 Å². The summed E-state index contributed by atoms with van der Waals surface area (Å²) < 4.78 is 62.0. The van der Waals surface area contributed by atoms with Gasteiger partial charge in [-0.15, -0.1) is 0 Å². The number of nitrogens with one attached hydrogen (secondary N) is 1. The molecule has 0 aliphatic heterocycles. The number of rotatable bonds is 11. The molecular weight excluding hydrogens is 385 g/mol. The maximum atomic E-state index is 12.4. The van der Waals surface area contributed by atoms with Crippen molar-refractivity contribution in [1.29, 1.82) is 0 Å². The van der Waals surface area contributed by atoms with Gasteiger partial charge in [-0.05, 0) is 31.0 Å². The second-order valence-corrected chi connectivity index (χ2v) is 8.48. The van der Waals surface area contributed by atoms with E-state index in [4.69, 9.17) is 5.11 Å². The lowest BCUT2D eigenvalue weighted by Crippen LogP contribution is -2.24. The molecule has 0 saturated carbocycles. The summed E-state index contributed by atoms with van der Waals surface area (Å²) in [5.41, 5.74) is 0.163. The van der Waals surface area contributed by atoms with Gasteiger partial charge in [0.15, 0.2) is 0 Å². The number of unbranched alkanes of at least 4 members (excludes halogenated alkanes) is 4. The van der Waals surface area contributed by atoms with E-state index in [0.717, 1.165) is 10.4 Å². The highest BCUT2D eigenvalue weighted by Crippen LogP contribution is 2.26. The number of aromatic carboxylic acids is 1. The van der Waals surface area contributed by atoms with Crippen molar-refractivity contribution in [3.05, 3.63) is 23.8 Å². The van der Waals surface area contributed by atoms with E-state index in [1.807, 2.05) is 0 Å². The quantitative estimate of drug-likeness (QED) is 0.540. The Balaban J connectivity index is 2.61. The Morgan fingerprint density at radius 2 is 1.70 bits per heavy atom. The van der Waals surface area contributed by atoms with Gasteiger partial charge in [-0.2, -0.15) is 13.2 Å². The van der Waals surface area contributed by atoms with Crippen LogP contribution in [0.2, 0.25) is 0 Å². The Kier molecular flexibility index (Phi) is 8.55. The van der Waals surface area contributed by atoms with Gasteiger partial charge in [0, 0.05) is 27.1 Å². The summed E-state index contributed by atoms with van der Waals surface area (Å²) in [6, 6.07) is 3.83. The fraction of sp³-hybridized carbons (Fsp3) is 0.588. The highest BCUT2D eigenvalue weighted by molar-refractivity contribution is 7.89. The molecule has 1 aromatic rings. The summed E-state index contributed by atoms with van der Waals surface area (Å²) in [4.78, 5) is 11.0. The molecule has 0 saturated heterocycles. The number of alkyl halides is 3. The van der Waals surface area contributed by atoms with Crippen molar-refractivity contribution >= 4 is 21.7 Å². The number of carbonyl (C=O) groups is 1. The van der Waals surface area contributed by atoms with Crippen LogP contribution in [0.3, 0.4) is 0 Å². The smallest absolute Gasteiger partial charge is 0.389 e. The number of nitrogens with zero attached hydrogens (tertiary/aromatic N) is 1. The third-order valence-electron chi connectivity index (χ3n) is 3.94. The number of carboxylic acid groups (broad SMARTS) is 1. The minimum Gasteiger partial charge on any atom is -0.478 e. The molecule has 6 nitrogen and oxygen atoms in total. The Morgan fingerprint density at radius 1 is 1.11 bits per heavy atom. The number of anilines is 1. The number of halogens is 3. The number of hydrogen-bond acceptors (Lipinski definition) is 4. The van der Waals surface area contributed by atoms with E-state index in [1.54, 1.807) is 0 Å². The van der Waals surface area contributed by atoms with Crippen LogP contribution in [0.1, 0.15) is 48.9 Å². The molecule has 0 bridgehead atoms. The molecule has 0 heterocycles. The van der Waals surface area contributed by atoms with Crippen LogP contribution in [0, 0.1) is 0 Å². The van der Waals surface area contributed by atoms with Gasteiger partial charge in [-0.1, -0.05) is 19.3 Å². The molecule has 0 aliphatic rings. The standard InChI is InChI=1S/C17H25F3N2O4S/c1-22(2)27(25,26)15-12-13(16(23)24)8-9-14(15)21-11-7-5-3-4-6-10-17(18,19)20/h8-9,12,21H,3-7,10-11H2,1-2H3,(H,23,24). The fourth-order valence-corrected chi connectivity index (χ4v) is 3.50. The highest BCUT2D eigenvalue weighted by Gasteiger charge is 2.25.